The van der Waals surface area contributed by atoms with E-state index in [-0.39, 0.29) is 11.8 Å². The normalized spacial score (nSPS) is 18.5. The van der Waals surface area contributed by atoms with Crippen LogP contribution in [0.4, 0.5) is 0 Å². The molecule has 1 aromatic rings. The van der Waals surface area contributed by atoms with Crippen molar-refractivity contribution in [3.05, 3.63) is 35.9 Å². The van der Waals surface area contributed by atoms with Crippen LogP contribution in [0.5, 0.6) is 0 Å². The fraction of sp³-hybridized carbons (Fsp3) is 0.500. The molecule has 114 valence electrons. The van der Waals surface area contributed by atoms with Crippen molar-refractivity contribution in [1.82, 2.24) is 4.90 Å². The average molecular weight is 305 g/mol. The highest BCUT2D eigenvalue weighted by Crippen LogP contribution is 2.28. The lowest BCUT2D eigenvalue weighted by Gasteiger charge is -2.42. The zero-order valence-electron chi connectivity index (χ0n) is 13.0. The van der Waals surface area contributed by atoms with Crippen molar-refractivity contribution in [3.63, 3.8) is 0 Å². The third kappa shape index (κ3) is 3.08. The second-order valence-electron chi connectivity index (χ2n) is 5.47. The number of amides is 2. The Morgan fingerprint density at radius 1 is 1.19 bits per heavy atom. The van der Waals surface area contributed by atoms with Crippen LogP contribution in [-0.2, 0) is 9.22 Å². The minimum absolute atomic E-state index is 0.184. The fourth-order valence-electron chi connectivity index (χ4n) is 2.70. The molecule has 2 rings (SSSR count). The molecule has 5 heteroatoms. The van der Waals surface area contributed by atoms with E-state index in [0.29, 0.717) is 12.1 Å². The summed E-state index contributed by atoms with van der Waals surface area (Å²) in [6.45, 7) is 6.79. The average Bonchev–Trinajstić information content (AvgIpc) is 2.55. The highest BCUT2D eigenvalue weighted by Gasteiger charge is 2.45. The summed E-state index contributed by atoms with van der Waals surface area (Å²) < 4.78 is 6.15. The lowest BCUT2D eigenvalue weighted by Crippen LogP contribution is -2.62. The van der Waals surface area contributed by atoms with Gasteiger partial charge >= 0.3 is 0 Å². The first kappa shape index (κ1) is 15.9. The Hall–Kier alpha value is -1.46. The van der Waals surface area contributed by atoms with E-state index < -0.39 is 14.4 Å². The number of carbonyl (C=O) groups is 2. The SMILES string of the molecule is CC[Si](CC)(CC)OC1CN(C(=O)c2ccccc2)C1=O. The number of hydrogen-bond acceptors (Lipinski definition) is 3. The van der Waals surface area contributed by atoms with Crippen LogP contribution in [0.15, 0.2) is 30.3 Å². The number of rotatable bonds is 6. The van der Waals surface area contributed by atoms with Gasteiger partial charge in [0, 0.05) is 5.56 Å². The van der Waals surface area contributed by atoms with Crippen LogP contribution in [0.1, 0.15) is 31.1 Å². The molecule has 21 heavy (non-hydrogen) atoms. The standard InChI is InChI=1S/C16H23NO3Si/c1-4-21(5-2,6-3)20-14-12-17(16(14)19)15(18)13-10-8-7-9-11-13/h7-11,14H,4-6,12H2,1-3H3. The maximum atomic E-state index is 12.2. The summed E-state index contributed by atoms with van der Waals surface area (Å²) in [5.41, 5.74) is 0.550. The topological polar surface area (TPSA) is 46.6 Å². The number of likely N-dealkylation sites (tertiary alicyclic amines) is 1. The van der Waals surface area contributed by atoms with Gasteiger partial charge in [0.15, 0.2) is 8.32 Å². The molecule has 4 nitrogen and oxygen atoms in total. The van der Waals surface area contributed by atoms with Crippen molar-refractivity contribution in [1.29, 1.82) is 0 Å². The van der Waals surface area contributed by atoms with Crippen LogP contribution in [0.3, 0.4) is 0 Å². The summed E-state index contributed by atoms with van der Waals surface area (Å²) in [6, 6.07) is 11.9. The van der Waals surface area contributed by atoms with Gasteiger partial charge in [0.2, 0.25) is 0 Å². The number of β-lactam (4-membered cyclic amide) rings is 1. The summed E-state index contributed by atoms with van der Waals surface area (Å²) >= 11 is 0. The van der Waals surface area contributed by atoms with Crippen molar-refractivity contribution in [3.8, 4) is 0 Å². The Morgan fingerprint density at radius 3 is 2.24 bits per heavy atom. The molecular formula is C16H23NO3Si. The zero-order valence-corrected chi connectivity index (χ0v) is 14.0. The summed E-state index contributed by atoms with van der Waals surface area (Å²) in [5.74, 6) is -0.409. The van der Waals surface area contributed by atoms with Crippen LogP contribution in [-0.4, -0.2) is 37.7 Å². The minimum Gasteiger partial charge on any atom is -0.403 e. The molecule has 0 aliphatic carbocycles. The van der Waals surface area contributed by atoms with Crippen molar-refractivity contribution in [2.24, 2.45) is 0 Å². The maximum Gasteiger partial charge on any atom is 0.260 e. The highest BCUT2D eigenvalue weighted by molar-refractivity contribution is 6.73. The maximum absolute atomic E-state index is 12.2. The third-order valence-corrected chi connectivity index (χ3v) is 9.13. The molecule has 1 aliphatic heterocycles. The van der Waals surface area contributed by atoms with Crippen molar-refractivity contribution < 1.29 is 14.0 Å². The number of imide groups is 1. The van der Waals surface area contributed by atoms with Gasteiger partial charge in [-0.3, -0.25) is 14.5 Å². The Morgan fingerprint density at radius 2 is 1.76 bits per heavy atom. The molecule has 1 saturated heterocycles. The third-order valence-electron chi connectivity index (χ3n) is 4.48. The molecule has 1 unspecified atom stereocenters. The predicted octanol–water partition coefficient (Wildman–Crippen LogP) is 3.06. The van der Waals surface area contributed by atoms with Gasteiger partial charge in [-0.2, -0.15) is 0 Å². The van der Waals surface area contributed by atoms with Crippen molar-refractivity contribution in [2.45, 2.75) is 45.0 Å². The Labute approximate surface area is 127 Å². The van der Waals surface area contributed by atoms with Gasteiger partial charge in [0.1, 0.15) is 6.10 Å². The van der Waals surface area contributed by atoms with Crippen LogP contribution in [0.2, 0.25) is 18.1 Å². The van der Waals surface area contributed by atoms with Gasteiger partial charge in [-0.25, -0.2) is 0 Å². The molecule has 1 fully saturated rings. The van der Waals surface area contributed by atoms with E-state index in [1.54, 1.807) is 24.3 Å². The minimum atomic E-state index is -1.79. The van der Waals surface area contributed by atoms with E-state index in [2.05, 4.69) is 20.8 Å². The van der Waals surface area contributed by atoms with Gasteiger partial charge in [0.05, 0.1) is 6.54 Å². The van der Waals surface area contributed by atoms with Gasteiger partial charge in [-0.1, -0.05) is 39.0 Å². The molecule has 1 aliphatic rings. The number of benzene rings is 1. The van der Waals surface area contributed by atoms with E-state index in [0.717, 1.165) is 18.1 Å². The molecule has 1 heterocycles. The first-order chi connectivity index (χ1) is 10.1. The zero-order chi connectivity index (χ0) is 15.5. The second kappa shape index (κ2) is 6.53. The molecule has 0 aromatic heterocycles. The van der Waals surface area contributed by atoms with Gasteiger partial charge < -0.3 is 4.43 Å². The lowest BCUT2D eigenvalue weighted by molar-refractivity contribution is -0.149. The lowest BCUT2D eigenvalue weighted by atomic mass is 10.1. The smallest absolute Gasteiger partial charge is 0.260 e. The molecule has 2 amide bonds. The molecule has 0 radical (unpaired) electrons. The van der Waals surface area contributed by atoms with Crippen LogP contribution in [0.25, 0.3) is 0 Å². The predicted molar refractivity (Wildman–Crippen MR) is 84.6 cm³/mol. The van der Waals surface area contributed by atoms with E-state index >= 15 is 0 Å². The number of nitrogens with zero attached hydrogens (tertiary/aromatic N) is 1. The summed E-state index contributed by atoms with van der Waals surface area (Å²) in [4.78, 5) is 25.7. The second-order valence-corrected chi connectivity index (χ2v) is 10.2. The van der Waals surface area contributed by atoms with E-state index in [4.69, 9.17) is 4.43 Å². The van der Waals surface area contributed by atoms with Gasteiger partial charge in [-0.05, 0) is 30.3 Å². The molecule has 0 saturated carbocycles. The Balaban J connectivity index is 1.99. The van der Waals surface area contributed by atoms with Gasteiger partial charge in [0.25, 0.3) is 11.8 Å². The number of hydrogen-bond donors (Lipinski definition) is 0. The molecule has 0 spiro atoms. The molecule has 0 bridgehead atoms. The fourth-order valence-corrected chi connectivity index (χ4v) is 5.48. The molecule has 1 atom stereocenters. The van der Waals surface area contributed by atoms with E-state index in [9.17, 15) is 9.59 Å². The molecule has 1 aromatic carbocycles. The summed E-state index contributed by atoms with van der Waals surface area (Å²) in [7, 11) is -1.79. The van der Waals surface area contributed by atoms with Crippen molar-refractivity contribution >= 4 is 20.1 Å². The number of carbonyl (C=O) groups excluding carboxylic acids is 2. The summed E-state index contributed by atoms with van der Waals surface area (Å²) in [5, 5.41) is 0. The van der Waals surface area contributed by atoms with E-state index in [1.165, 1.54) is 4.90 Å². The monoisotopic (exact) mass is 305 g/mol. The van der Waals surface area contributed by atoms with Crippen LogP contribution in [0, 0.1) is 0 Å². The Kier molecular flexibility index (Phi) is 4.95. The summed E-state index contributed by atoms with van der Waals surface area (Å²) in [6.07, 6.45) is -0.413. The molecular weight excluding hydrogens is 282 g/mol. The van der Waals surface area contributed by atoms with Crippen LogP contribution >= 0.6 is 0 Å². The Bertz CT molecular complexity index is 505. The quantitative estimate of drug-likeness (QED) is 0.461. The first-order valence-corrected chi connectivity index (χ1v) is 10.2. The largest absolute Gasteiger partial charge is 0.403 e. The highest BCUT2D eigenvalue weighted by atomic mass is 28.4. The molecule has 0 N–H and O–H groups in total. The first-order valence-electron chi connectivity index (χ1n) is 7.65. The van der Waals surface area contributed by atoms with Gasteiger partial charge in [-0.15, -0.1) is 0 Å². The van der Waals surface area contributed by atoms with Crippen molar-refractivity contribution in [2.75, 3.05) is 6.54 Å². The van der Waals surface area contributed by atoms with E-state index in [1.807, 2.05) is 6.07 Å². The van der Waals surface area contributed by atoms with Crippen LogP contribution < -0.4 is 0 Å².